The first kappa shape index (κ1) is 14.6. The van der Waals surface area contributed by atoms with Gasteiger partial charge in [0.15, 0.2) is 0 Å². The van der Waals surface area contributed by atoms with Crippen LogP contribution in [0.25, 0.3) is 0 Å². The number of aromatic nitrogens is 2. The molecule has 7 heteroatoms. The van der Waals surface area contributed by atoms with E-state index in [1.807, 2.05) is 6.92 Å². The van der Waals surface area contributed by atoms with E-state index in [0.29, 0.717) is 17.0 Å². The van der Waals surface area contributed by atoms with E-state index in [1.165, 1.54) is 0 Å². The van der Waals surface area contributed by atoms with Crippen LogP contribution < -0.4 is 5.32 Å². The lowest BCUT2D eigenvalue weighted by Gasteiger charge is -2.27. The maximum Gasteiger partial charge on any atom is 0.326 e. The van der Waals surface area contributed by atoms with Gasteiger partial charge >= 0.3 is 5.97 Å². The molecule has 0 saturated carbocycles. The summed E-state index contributed by atoms with van der Waals surface area (Å²) in [5.41, 5.74) is 0.0296. The van der Waals surface area contributed by atoms with E-state index in [1.54, 1.807) is 20.8 Å². The Balaban J connectivity index is 2.89. The van der Waals surface area contributed by atoms with Crippen molar-refractivity contribution in [2.45, 2.75) is 40.2 Å². The van der Waals surface area contributed by atoms with E-state index in [0.717, 1.165) is 11.5 Å². The van der Waals surface area contributed by atoms with Gasteiger partial charge < -0.3 is 10.4 Å². The topological polar surface area (TPSA) is 92.2 Å². The minimum atomic E-state index is -1.05. The number of nitrogens with zero attached hydrogens (tertiary/aromatic N) is 2. The van der Waals surface area contributed by atoms with E-state index in [-0.39, 0.29) is 0 Å². The molecule has 0 aromatic carbocycles. The number of nitrogens with one attached hydrogen (secondary N) is 1. The van der Waals surface area contributed by atoms with E-state index in [9.17, 15) is 9.59 Å². The van der Waals surface area contributed by atoms with Crippen molar-refractivity contribution in [1.82, 2.24) is 14.9 Å². The van der Waals surface area contributed by atoms with Gasteiger partial charge in [-0.1, -0.05) is 32.2 Å². The molecule has 0 aliphatic heterocycles. The lowest BCUT2D eigenvalue weighted by Crippen LogP contribution is -2.49. The molecule has 0 bridgehead atoms. The minimum absolute atomic E-state index is 0.382. The number of aliphatic carboxylic acids is 1. The highest BCUT2D eigenvalue weighted by atomic mass is 32.1. The predicted octanol–water partition coefficient (Wildman–Crippen LogP) is 1.33. The van der Waals surface area contributed by atoms with Crippen molar-refractivity contribution in [3.63, 3.8) is 0 Å². The van der Waals surface area contributed by atoms with Crippen LogP contribution in [0.2, 0.25) is 0 Å². The fourth-order valence-electron chi connectivity index (χ4n) is 1.46. The first-order chi connectivity index (χ1) is 8.27. The molecule has 0 aliphatic carbocycles. The number of aryl methyl sites for hydroxylation is 1. The SMILES string of the molecule is CCc1nnsc1C(=O)N[C@H](C(=O)O)C(C)(C)C. The molecule has 6 nitrogen and oxygen atoms in total. The second-order valence-corrected chi connectivity index (χ2v) is 5.77. The second-order valence-electron chi connectivity index (χ2n) is 5.01. The first-order valence-corrected chi connectivity index (χ1v) is 6.39. The minimum Gasteiger partial charge on any atom is -0.480 e. The summed E-state index contributed by atoms with van der Waals surface area (Å²) < 4.78 is 3.71. The Labute approximate surface area is 110 Å². The van der Waals surface area contributed by atoms with Crippen molar-refractivity contribution in [2.24, 2.45) is 5.41 Å². The van der Waals surface area contributed by atoms with E-state index >= 15 is 0 Å². The summed E-state index contributed by atoms with van der Waals surface area (Å²) in [4.78, 5) is 23.5. The number of carbonyl (C=O) groups is 2. The second kappa shape index (κ2) is 5.43. The first-order valence-electron chi connectivity index (χ1n) is 5.62. The van der Waals surface area contributed by atoms with Crippen LogP contribution >= 0.6 is 11.5 Å². The number of hydrogen-bond acceptors (Lipinski definition) is 5. The van der Waals surface area contributed by atoms with Gasteiger partial charge in [0.2, 0.25) is 0 Å². The highest BCUT2D eigenvalue weighted by molar-refractivity contribution is 7.08. The fraction of sp³-hybridized carbons (Fsp3) is 0.636. The molecule has 1 atom stereocenters. The molecule has 100 valence electrons. The van der Waals surface area contributed by atoms with Crippen molar-refractivity contribution in [3.8, 4) is 0 Å². The lowest BCUT2D eigenvalue weighted by atomic mass is 9.86. The molecule has 18 heavy (non-hydrogen) atoms. The molecule has 0 aliphatic rings. The molecule has 2 N–H and O–H groups in total. The third-order valence-electron chi connectivity index (χ3n) is 2.49. The van der Waals surface area contributed by atoms with Gasteiger partial charge in [0, 0.05) is 0 Å². The Bertz CT molecular complexity index is 451. The quantitative estimate of drug-likeness (QED) is 0.862. The van der Waals surface area contributed by atoms with Gasteiger partial charge in [-0.2, -0.15) is 0 Å². The molecule has 0 radical (unpaired) electrons. The van der Waals surface area contributed by atoms with Crippen molar-refractivity contribution in [2.75, 3.05) is 0 Å². The maximum absolute atomic E-state index is 12.0. The largest absolute Gasteiger partial charge is 0.480 e. The summed E-state index contributed by atoms with van der Waals surface area (Å²) in [6, 6.07) is -0.947. The van der Waals surface area contributed by atoms with E-state index < -0.39 is 23.3 Å². The number of carboxylic acid groups (broad SMARTS) is 1. The summed E-state index contributed by atoms with van der Waals surface area (Å²) in [6.07, 6.45) is 0.590. The third-order valence-corrected chi connectivity index (χ3v) is 3.25. The highest BCUT2D eigenvalue weighted by Gasteiger charge is 2.33. The Kier molecular flexibility index (Phi) is 4.39. The summed E-state index contributed by atoms with van der Waals surface area (Å²) in [7, 11) is 0. The lowest BCUT2D eigenvalue weighted by molar-refractivity contribution is -0.142. The number of carbonyl (C=O) groups excluding carboxylic acids is 1. The van der Waals surface area contributed by atoms with Gasteiger partial charge in [-0.25, -0.2) is 4.79 Å². The van der Waals surface area contributed by atoms with Crippen molar-refractivity contribution < 1.29 is 14.7 Å². The molecular weight excluding hydrogens is 254 g/mol. The third kappa shape index (κ3) is 3.25. The average Bonchev–Trinajstić information content (AvgIpc) is 2.71. The summed E-state index contributed by atoms with van der Waals surface area (Å²) in [5.74, 6) is -1.48. The molecule has 0 fully saturated rings. The fourth-order valence-corrected chi connectivity index (χ4v) is 2.11. The van der Waals surface area contributed by atoms with Gasteiger partial charge in [0.25, 0.3) is 5.91 Å². The maximum atomic E-state index is 12.0. The Morgan fingerprint density at radius 1 is 1.44 bits per heavy atom. The number of rotatable bonds is 4. The van der Waals surface area contributed by atoms with Crippen LogP contribution in [-0.4, -0.2) is 32.6 Å². The number of hydrogen-bond donors (Lipinski definition) is 2. The zero-order valence-electron chi connectivity index (χ0n) is 10.9. The van der Waals surface area contributed by atoms with Crippen LogP contribution in [-0.2, 0) is 11.2 Å². The van der Waals surface area contributed by atoms with E-state index in [4.69, 9.17) is 5.11 Å². The van der Waals surface area contributed by atoms with Crippen molar-refractivity contribution in [1.29, 1.82) is 0 Å². The van der Waals surface area contributed by atoms with Crippen LogP contribution in [0, 0.1) is 5.41 Å². The van der Waals surface area contributed by atoms with Crippen molar-refractivity contribution in [3.05, 3.63) is 10.6 Å². The molecule has 1 aromatic rings. The van der Waals surface area contributed by atoms with E-state index in [2.05, 4.69) is 14.9 Å². The van der Waals surface area contributed by atoms with Gasteiger partial charge in [-0.05, 0) is 23.4 Å². The van der Waals surface area contributed by atoms with Gasteiger partial charge in [0.05, 0.1) is 5.69 Å². The Morgan fingerprint density at radius 2 is 2.06 bits per heavy atom. The van der Waals surface area contributed by atoms with Crippen LogP contribution in [0.3, 0.4) is 0 Å². The normalized spacial score (nSPS) is 13.1. The molecule has 1 amide bonds. The summed E-state index contributed by atoms with van der Waals surface area (Å²) in [6.45, 7) is 7.15. The molecule has 0 unspecified atom stereocenters. The van der Waals surface area contributed by atoms with Gasteiger partial charge in [-0.15, -0.1) is 5.10 Å². The van der Waals surface area contributed by atoms with Gasteiger partial charge in [-0.3, -0.25) is 4.79 Å². The highest BCUT2D eigenvalue weighted by Crippen LogP contribution is 2.20. The Morgan fingerprint density at radius 3 is 2.50 bits per heavy atom. The molecule has 0 saturated heterocycles. The Hall–Kier alpha value is -1.50. The summed E-state index contributed by atoms with van der Waals surface area (Å²) >= 11 is 0.980. The number of amides is 1. The monoisotopic (exact) mass is 271 g/mol. The zero-order valence-corrected chi connectivity index (χ0v) is 11.7. The van der Waals surface area contributed by atoms with Crippen LogP contribution in [0.15, 0.2) is 0 Å². The van der Waals surface area contributed by atoms with Crippen LogP contribution in [0.5, 0.6) is 0 Å². The predicted molar refractivity (Wildman–Crippen MR) is 67.6 cm³/mol. The van der Waals surface area contributed by atoms with Crippen LogP contribution in [0.1, 0.15) is 43.1 Å². The smallest absolute Gasteiger partial charge is 0.326 e. The summed E-state index contributed by atoms with van der Waals surface area (Å²) in [5, 5.41) is 15.5. The zero-order chi connectivity index (χ0) is 13.9. The molecule has 1 heterocycles. The molecule has 1 rings (SSSR count). The average molecular weight is 271 g/mol. The standard InChI is InChI=1S/C11H17N3O3S/c1-5-6-7(18-14-13-6)9(15)12-8(10(16)17)11(2,3)4/h8H,5H2,1-4H3,(H,12,15)(H,16,17)/t8-/m1/s1. The molecule has 1 aromatic heterocycles. The molecule has 0 spiro atoms. The number of carboxylic acids is 1. The van der Waals surface area contributed by atoms with Crippen LogP contribution in [0.4, 0.5) is 0 Å². The van der Waals surface area contributed by atoms with Gasteiger partial charge in [0.1, 0.15) is 10.9 Å². The molecular formula is C11H17N3O3S. The van der Waals surface area contributed by atoms with Crippen molar-refractivity contribution >= 4 is 23.4 Å².